The number of amides is 2. The van der Waals surface area contributed by atoms with Crippen LogP contribution in [0.3, 0.4) is 0 Å². The molecular formula is C22H22ClN5O2. The number of halogens is 1. The number of carbonyl (C=O) groups is 2. The van der Waals surface area contributed by atoms with E-state index in [9.17, 15) is 9.59 Å². The quantitative estimate of drug-likeness (QED) is 0.683. The number of hydrogen-bond acceptors (Lipinski definition) is 4. The first-order valence-corrected chi connectivity index (χ1v) is 10.2. The minimum atomic E-state index is -0.0810. The van der Waals surface area contributed by atoms with Crippen molar-refractivity contribution in [2.75, 3.05) is 13.1 Å². The number of nitrogens with one attached hydrogen (secondary N) is 1. The summed E-state index contributed by atoms with van der Waals surface area (Å²) in [5, 5.41) is 7.90. The van der Waals surface area contributed by atoms with E-state index in [4.69, 9.17) is 11.6 Å². The molecule has 0 unspecified atom stereocenters. The van der Waals surface area contributed by atoms with Crippen molar-refractivity contribution < 1.29 is 9.59 Å². The Kier molecular flexibility index (Phi) is 6.09. The van der Waals surface area contributed by atoms with Gasteiger partial charge < -0.3 is 10.2 Å². The van der Waals surface area contributed by atoms with Crippen molar-refractivity contribution in [3.63, 3.8) is 0 Å². The summed E-state index contributed by atoms with van der Waals surface area (Å²) in [6.45, 7) is 1.57. The highest BCUT2D eigenvalue weighted by molar-refractivity contribution is 6.30. The molecule has 1 N–H and O–H groups in total. The number of benzene rings is 1. The van der Waals surface area contributed by atoms with Gasteiger partial charge in [-0.05, 0) is 48.7 Å². The van der Waals surface area contributed by atoms with E-state index < -0.39 is 0 Å². The molecule has 7 nitrogen and oxygen atoms in total. The third-order valence-electron chi connectivity index (χ3n) is 5.26. The third kappa shape index (κ3) is 4.68. The first kappa shape index (κ1) is 20.1. The molecule has 0 spiro atoms. The summed E-state index contributed by atoms with van der Waals surface area (Å²) in [4.78, 5) is 31.1. The van der Waals surface area contributed by atoms with Gasteiger partial charge in [0.1, 0.15) is 0 Å². The van der Waals surface area contributed by atoms with Gasteiger partial charge in [0.2, 0.25) is 5.91 Å². The molecule has 30 heavy (non-hydrogen) atoms. The van der Waals surface area contributed by atoms with Gasteiger partial charge in [0.25, 0.3) is 5.91 Å². The van der Waals surface area contributed by atoms with E-state index in [2.05, 4.69) is 15.4 Å². The maximum atomic E-state index is 12.8. The number of pyridine rings is 1. The first-order valence-electron chi connectivity index (χ1n) is 9.86. The van der Waals surface area contributed by atoms with E-state index in [0.717, 1.165) is 11.3 Å². The molecular weight excluding hydrogens is 402 g/mol. The largest absolute Gasteiger partial charge is 0.352 e. The van der Waals surface area contributed by atoms with Crippen LogP contribution in [0.15, 0.2) is 61.2 Å². The van der Waals surface area contributed by atoms with Gasteiger partial charge in [-0.3, -0.25) is 14.6 Å². The number of carbonyl (C=O) groups excluding carboxylic acids is 2. The number of hydrogen-bond donors (Lipinski definition) is 1. The predicted octanol–water partition coefficient (Wildman–Crippen LogP) is 3.09. The first-order chi connectivity index (χ1) is 14.6. The second-order valence-electron chi connectivity index (χ2n) is 7.30. The average Bonchev–Trinajstić information content (AvgIpc) is 3.28. The maximum Gasteiger partial charge on any atom is 0.257 e. The van der Waals surface area contributed by atoms with Crippen LogP contribution in [-0.4, -0.2) is 44.6 Å². The van der Waals surface area contributed by atoms with Crippen LogP contribution in [0.4, 0.5) is 0 Å². The van der Waals surface area contributed by atoms with Gasteiger partial charge in [0.15, 0.2) is 0 Å². The molecule has 154 valence electrons. The van der Waals surface area contributed by atoms with E-state index >= 15 is 0 Å². The molecule has 0 radical (unpaired) electrons. The van der Waals surface area contributed by atoms with Crippen LogP contribution in [0.25, 0.3) is 5.69 Å². The average molecular weight is 424 g/mol. The molecule has 2 amide bonds. The zero-order chi connectivity index (χ0) is 20.9. The lowest BCUT2D eigenvalue weighted by Crippen LogP contribution is -2.42. The Morgan fingerprint density at radius 1 is 1.10 bits per heavy atom. The zero-order valence-electron chi connectivity index (χ0n) is 16.4. The second-order valence-corrected chi connectivity index (χ2v) is 7.73. The topological polar surface area (TPSA) is 80.1 Å². The summed E-state index contributed by atoms with van der Waals surface area (Å²) in [7, 11) is 0. The monoisotopic (exact) mass is 423 g/mol. The van der Waals surface area contributed by atoms with Gasteiger partial charge in [0, 0.05) is 49.2 Å². The standard InChI is InChI=1S/C22H22ClN5O2/c23-19-3-5-20(6-4-19)28-15-18(14-26-28)22(30)27-10-7-17(8-11-27)21(29)25-13-16-2-1-9-24-12-16/h1-6,9,12,14-15,17H,7-8,10-11,13H2,(H,25,29). The van der Waals surface area contributed by atoms with Gasteiger partial charge in [-0.15, -0.1) is 0 Å². The normalized spacial score (nSPS) is 14.5. The fourth-order valence-electron chi connectivity index (χ4n) is 3.53. The van der Waals surface area contributed by atoms with E-state index in [1.807, 2.05) is 24.3 Å². The summed E-state index contributed by atoms with van der Waals surface area (Å²) in [5.74, 6) is -0.117. The van der Waals surface area contributed by atoms with Crippen LogP contribution < -0.4 is 5.32 Å². The van der Waals surface area contributed by atoms with Crippen molar-refractivity contribution in [1.29, 1.82) is 0 Å². The minimum Gasteiger partial charge on any atom is -0.352 e. The third-order valence-corrected chi connectivity index (χ3v) is 5.52. The smallest absolute Gasteiger partial charge is 0.257 e. The predicted molar refractivity (Wildman–Crippen MR) is 113 cm³/mol. The van der Waals surface area contributed by atoms with Crippen molar-refractivity contribution in [1.82, 2.24) is 25.0 Å². The molecule has 8 heteroatoms. The molecule has 1 fully saturated rings. The number of rotatable bonds is 5. The molecule has 1 aliphatic rings. The Morgan fingerprint density at radius 2 is 1.87 bits per heavy atom. The van der Waals surface area contributed by atoms with Gasteiger partial charge in [-0.1, -0.05) is 17.7 Å². The molecule has 1 aromatic carbocycles. The summed E-state index contributed by atoms with van der Waals surface area (Å²) in [5.41, 5.74) is 2.34. The number of aromatic nitrogens is 3. The van der Waals surface area contributed by atoms with E-state index in [1.165, 1.54) is 0 Å². The van der Waals surface area contributed by atoms with Crippen molar-refractivity contribution in [3.8, 4) is 5.69 Å². The summed E-state index contributed by atoms with van der Waals surface area (Å²) in [6.07, 6.45) is 8.04. The van der Waals surface area contributed by atoms with Crippen molar-refractivity contribution in [2.45, 2.75) is 19.4 Å². The molecule has 0 saturated carbocycles. The molecule has 1 saturated heterocycles. The van der Waals surface area contributed by atoms with Crippen LogP contribution >= 0.6 is 11.6 Å². The van der Waals surface area contributed by atoms with Gasteiger partial charge >= 0.3 is 0 Å². The fourth-order valence-corrected chi connectivity index (χ4v) is 3.66. The minimum absolute atomic E-state index is 0.0292. The molecule has 1 aliphatic heterocycles. The highest BCUT2D eigenvalue weighted by Crippen LogP contribution is 2.20. The van der Waals surface area contributed by atoms with Gasteiger partial charge in [-0.2, -0.15) is 5.10 Å². The lowest BCUT2D eigenvalue weighted by Gasteiger charge is -2.31. The molecule has 2 aromatic heterocycles. The molecule has 0 bridgehead atoms. The number of nitrogens with zero attached hydrogens (tertiary/aromatic N) is 4. The van der Waals surface area contributed by atoms with E-state index in [0.29, 0.717) is 43.1 Å². The Balaban J connectivity index is 1.30. The van der Waals surface area contributed by atoms with Gasteiger partial charge in [-0.25, -0.2) is 4.68 Å². The Labute approximate surface area is 179 Å². The van der Waals surface area contributed by atoms with Crippen LogP contribution in [0.1, 0.15) is 28.8 Å². The molecule has 0 atom stereocenters. The van der Waals surface area contributed by atoms with Crippen molar-refractivity contribution in [3.05, 3.63) is 77.3 Å². The van der Waals surface area contributed by atoms with Crippen LogP contribution in [0, 0.1) is 5.92 Å². The maximum absolute atomic E-state index is 12.8. The SMILES string of the molecule is O=C(NCc1cccnc1)C1CCN(C(=O)c2cnn(-c3ccc(Cl)cc3)c2)CC1. The Hall–Kier alpha value is -3.19. The summed E-state index contributed by atoms with van der Waals surface area (Å²) in [6, 6.07) is 11.0. The lowest BCUT2D eigenvalue weighted by molar-refractivity contribution is -0.126. The highest BCUT2D eigenvalue weighted by Gasteiger charge is 2.28. The molecule has 4 rings (SSSR count). The van der Waals surface area contributed by atoms with Gasteiger partial charge in [0.05, 0.1) is 17.4 Å². The van der Waals surface area contributed by atoms with Crippen LogP contribution in [-0.2, 0) is 11.3 Å². The summed E-state index contributed by atoms with van der Waals surface area (Å²) < 4.78 is 1.65. The molecule has 3 heterocycles. The second kappa shape index (κ2) is 9.09. The van der Waals surface area contributed by atoms with E-state index in [1.54, 1.807) is 46.5 Å². The zero-order valence-corrected chi connectivity index (χ0v) is 17.1. The Morgan fingerprint density at radius 3 is 2.57 bits per heavy atom. The summed E-state index contributed by atoms with van der Waals surface area (Å²) >= 11 is 5.92. The Bertz CT molecular complexity index is 1010. The number of piperidine rings is 1. The van der Waals surface area contributed by atoms with Crippen LogP contribution in [0.5, 0.6) is 0 Å². The fraction of sp³-hybridized carbons (Fsp3) is 0.273. The molecule has 3 aromatic rings. The molecule has 0 aliphatic carbocycles. The van der Waals surface area contributed by atoms with Crippen molar-refractivity contribution in [2.24, 2.45) is 5.92 Å². The number of likely N-dealkylation sites (tertiary alicyclic amines) is 1. The highest BCUT2D eigenvalue weighted by atomic mass is 35.5. The van der Waals surface area contributed by atoms with Crippen molar-refractivity contribution >= 4 is 23.4 Å². The lowest BCUT2D eigenvalue weighted by atomic mass is 9.95. The van der Waals surface area contributed by atoms with Crippen LogP contribution in [0.2, 0.25) is 5.02 Å². The van der Waals surface area contributed by atoms with E-state index in [-0.39, 0.29) is 17.7 Å².